The van der Waals surface area contributed by atoms with Crippen molar-refractivity contribution in [2.45, 2.75) is 63.6 Å². The van der Waals surface area contributed by atoms with E-state index in [1.165, 1.54) is 32.1 Å². The number of hydrogen-bond donors (Lipinski definition) is 1. The number of hydrogen-bond acceptors (Lipinski definition) is 4. The first-order valence-corrected chi connectivity index (χ1v) is 6.74. The molecule has 4 heteroatoms. The van der Waals surface area contributed by atoms with Gasteiger partial charge in [0.05, 0.1) is 5.69 Å². The van der Waals surface area contributed by atoms with E-state index in [0.717, 1.165) is 25.1 Å². The molecule has 1 N–H and O–H groups in total. The van der Waals surface area contributed by atoms with Crippen LogP contribution < -0.4 is 10.1 Å². The minimum absolute atomic E-state index is 0.312. The zero-order valence-corrected chi connectivity index (χ0v) is 10.2. The molecule has 1 heterocycles. The summed E-state index contributed by atoms with van der Waals surface area (Å²) >= 11 is 0. The summed E-state index contributed by atoms with van der Waals surface area (Å²) in [6.45, 7) is 0.794. The Morgan fingerprint density at radius 2 is 2.06 bits per heavy atom. The van der Waals surface area contributed by atoms with Gasteiger partial charge in [-0.1, -0.05) is 6.42 Å². The predicted octanol–water partition coefficient (Wildman–Crippen LogP) is 2.64. The number of oxazole rings is 1. The molecule has 0 aliphatic heterocycles. The Morgan fingerprint density at radius 3 is 2.82 bits per heavy atom. The largest absolute Gasteiger partial charge is 0.447 e. The smallest absolute Gasteiger partial charge is 0.394 e. The molecule has 0 radical (unpaired) electrons. The van der Waals surface area contributed by atoms with Crippen LogP contribution in [-0.4, -0.2) is 17.1 Å². The fourth-order valence-electron chi connectivity index (χ4n) is 2.29. The van der Waals surface area contributed by atoms with Crippen LogP contribution in [0.5, 0.6) is 6.08 Å². The predicted molar refractivity (Wildman–Crippen MR) is 63.9 cm³/mol. The molecule has 0 aromatic carbocycles. The van der Waals surface area contributed by atoms with Gasteiger partial charge in [-0.25, -0.2) is 0 Å². The molecule has 3 rings (SSSR count). The standard InChI is InChI=1S/C13H20N2O2/c1-2-4-12(5-3-1)17-13-15-11(9-16-13)8-14-10-6-7-10/h9-10,12,14H,1-8H2. The molecule has 0 spiro atoms. The van der Waals surface area contributed by atoms with Crippen LogP contribution in [0, 0.1) is 0 Å². The first-order valence-electron chi connectivity index (χ1n) is 6.74. The summed E-state index contributed by atoms with van der Waals surface area (Å²) in [5, 5.41) is 3.41. The summed E-state index contributed by atoms with van der Waals surface area (Å²) in [6.07, 6.45) is 11.2. The summed E-state index contributed by atoms with van der Waals surface area (Å²) in [4.78, 5) is 4.35. The molecule has 4 nitrogen and oxygen atoms in total. The van der Waals surface area contributed by atoms with Gasteiger partial charge >= 0.3 is 6.08 Å². The van der Waals surface area contributed by atoms with Crippen molar-refractivity contribution in [1.82, 2.24) is 10.3 Å². The molecule has 0 saturated heterocycles. The molecule has 0 amide bonds. The van der Waals surface area contributed by atoms with Gasteiger partial charge in [0.25, 0.3) is 0 Å². The van der Waals surface area contributed by atoms with Crippen molar-refractivity contribution in [2.75, 3.05) is 0 Å². The van der Waals surface area contributed by atoms with Gasteiger partial charge in [-0.15, -0.1) is 0 Å². The highest BCUT2D eigenvalue weighted by Gasteiger charge is 2.21. The van der Waals surface area contributed by atoms with Crippen LogP contribution in [-0.2, 0) is 6.54 Å². The fourth-order valence-corrected chi connectivity index (χ4v) is 2.29. The Labute approximate surface area is 102 Å². The van der Waals surface area contributed by atoms with Crippen molar-refractivity contribution in [1.29, 1.82) is 0 Å². The summed E-state index contributed by atoms with van der Waals surface area (Å²) in [5.41, 5.74) is 0.947. The van der Waals surface area contributed by atoms with Gasteiger partial charge in [0, 0.05) is 12.6 Å². The quantitative estimate of drug-likeness (QED) is 0.853. The highest BCUT2D eigenvalue weighted by Crippen LogP contribution is 2.23. The average molecular weight is 236 g/mol. The zero-order chi connectivity index (χ0) is 11.5. The Bertz CT molecular complexity index is 354. The van der Waals surface area contributed by atoms with Gasteiger partial charge in [-0.2, -0.15) is 4.98 Å². The third-order valence-electron chi connectivity index (χ3n) is 3.50. The van der Waals surface area contributed by atoms with Gasteiger partial charge in [-0.05, 0) is 38.5 Å². The van der Waals surface area contributed by atoms with Crippen LogP contribution >= 0.6 is 0 Å². The molecule has 0 unspecified atom stereocenters. The number of nitrogens with one attached hydrogen (secondary N) is 1. The maximum absolute atomic E-state index is 5.75. The lowest BCUT2D eigenvalue weighted by atomic mass is 9.98. The fraction of sp³-hybridized carbons (Fsp3) is 0.769. The van der Waals surface area contributed by atoms with E-state index in [1.54, 1.807) is 6.26 Å². The van der Waals surface area contributed by atoms with E-state index in [0.29, 0.717) is 18.2 Å². The molecule has 0 atom stereocenters. The van der Waals surface area contributed by atoms with Crippen molar-refractivity contribution in [3.8, 4) is 6.08 Å². The molecule has 1 aromatic rings. The van der Waals surface area contributed by atoms with Crippen molar-refractivity contribution in [3.63, 3.8) is 0 Å². The molecule has 1 aromatic heterocycles. The molecule has 2 aliphatic rings. The summed E-state index contributed by atoms with van der Waals surface area (Å²) in [7, 11) is 0. The van der Waals surface area contributed by atoms with Gasteiger partial charge < -0.3 is 14.5 Å². The zero-order valence-electron chi connectivity index (χ0n) is 10.2. The maximum atomic E-state index is 5.75. The lowest BCUT2D eigenvalue weighted by Gasteiger charge is -2.20. The molecule has 2 saturated carbocycles. The summed E-state index contributed by atoms with van der Waals surface area (Å²) < 4.78 is 11.1. The monoisotopic (exact) mass is 236 g/mol. The van der Waals surface area contributed by atoms with E-state index >= 15 is 0 Å². The van der Waals surface area contributed by atoms with Crippen molar-refractivity contribution >= 4 is 0 Å². The Balaban J connectivity index is 1.48. The lowest BCUT2D eigenvalue weighted by Crippen LogP contribution is -2.20. The first-order chi connectivity index (χ1) is 8.40. The molecular formula is C13H20N2O2. The highest BCUT2D eigenvalue weighted by atomic mass is 16.6. The van der Waals surface area contributed by atoms with Crippen LogP contribution in [0.15, 0.2) is 10.7 Å². The summed E-state index contributed by atoms with van der Waals surface area (Å²) in [6, 6.07) is 0.703. The number of aromatic nitrogens is 1. The number of ether oxygens (including phenoxy) is 1. The third kappa shape index (κ3) is 3.22. The van der Waals surface area contributed by atoms with Crippen molar-refractivity contribution in [2.24, 2.45) is 0 Å². The second-order valence-electron chi connectivity index (χ2n) is 5.14. The molecule has 2 fully saturated rings. The van der Waals surface area contributed by atoms with Crippen LogP contribution in [0.3, 0.4) is 0 Å². The Hall–Kier alpha value is -1.03. The Morgan fingerprint density at radius 1 is 1.24 bits per heavy atom. The summed E-state index contributed by atoms with van der Waals surface area (Å²) in [5.74, 6) is 0. The van der Waals surface area contributed by atoms with Gasteiger partial charge in [-0.3, -0.25) is 0 Å². The van der Waals surface area contributed by atoms with E-state index in [-0.39, 0.29) is 0 Å². The van der Waals surface area contributed by atoms with E-state index in [1.807, 2.05) is 0 Å². The van der Waals surface area contributed by atoms with Crippen LogP contribution in [0.2, 0.25) is 0 Å². The SMILES string of the molecule is c1oc(OC2CCCCC2)nc1CNC1CC1. The normalized spacial score (nSPS) is 21.6. The van der Waals surface area contributed by atoms with Gasteiger partial charge in [0.15, 0.2) is 0 Å². The topological polar surface area (TPSA) is 47.3 Å². The number of rotatable bonds is 5. The molecule has 17 heavy (non-hydrogen) atoms. The van der Waals surface area contributed by atoms with E-state index in [2.05, 4.69) is 10.3 Å². The third-order valence-corrected chi connectivity index (χ3v) is 3.50. The first kappa shape index (κ1) is 11.1. The highest BCUT2D eigenvalue weighted by molar-refractivity contribution is 5.01. The van der Waals surface area contributed by atoms with Crippen LogP contribution in [0.1, 0.15) is 50.6 Å². The maximum Gasteiger partial charge on any atom is 0.394 e. The number of nitrogens with zero attached hydrogens (tertiary/aromatic N) is 1. The average Bonchev–Trinajstić information content (AvgIpc) is 3.09. The second-order valence-corrected chi connectivity index (χ2v) is 5.14. The molecular weight excluding hydrogens is 216 g/mol. The molecule has 0 bridgehead atoms. The van der Waals surface area contributed by atoms with Crippen molar-refractivity contribution < 1.29 is 9.15 Å². The minimum atomic E-state index is 0.312. The van der Waals surface area contributed by atoms with E-state index in [9.17, 15) is 0 Å². The Kier molecular flexibility index (Phi) is 3.31. The van der Waals surface area contributed by atoms with Gasteiger partial charge in [0.2, 0.25) is 0 Å². The minimum Gasteiger partial charge on any atom is -0.447 e. The van der Waals surface area contributed by atoms with E-state index in [4.69, 9.17) is 9.15 Å². The van der Waals surface area contributed by atoms with Crippen LogP contribution in [0.4, 0.5) is 0 Å². The molecule has 2 aliphatic carbocycles. The van der Waals surface area contributed by atoms with E-state index < -0.39 is 0 Å². The van der Waals surface area contributed by atoms with Crippen molar-refractivity contribution in [3.05, 3.63) is 12.0 Å². The lowest BCUT2D eigenvalue weighted by molar-refractivity contribution is 0.113. The van der Waals surface area contributed by atoms with Gasteiger partial charge in [0.1, 0.15) is 12.4 Å². The second kappa shape index (κ2) is 5.08. The molecule has 94 valence electrons. The van der Waals surface area contributed by atoms with Crippen LogP contribution in [0.25, 0.3) is 0 Å².